The van der Waals surface area contributed by atoms with Gasteiger partial charge in [-0.05, 0) is 38.5 Å². The molecule has 0 aliphatic heterocycles. The van der Waals surface area contributed by atoms with Crippen LogP contribution < -0.4 is 0 Å². The maximum Gasteiger partial charge on any atom is 0.194 e. The summed E-state index contributed by atoms with van der Waals surface area (Å²) in [6.07, 6.45) is 28.0. The topological polar surface area (TPSA) is 26.3 Å². The number of unbranched alkanes of at least 4 members (excludes halogenated alkanes) is 7. The van der Waals surface area contributed by atoms with Crippen LogP contribution in [-0.4, -0.2) is 18.0 Å². The zero-order valence-corrected chi connectivity index (χ0v) is 17.1. The van der Waals surface area contributed by atoms with Gasteiger partial charge in [-0.2, -0.15) is 0 Å². The van der Waals surface area contributed by atoms with Crippen LogP contribution in [0.5, 0.6) is 0 Å². The Morgan fingerprint density at radius 2 is 1.70 bits per heavy atom. The van der Waals surface area contributed by atoms with Gasteiger partial charge in [0.15, 0.2) is 5.78 Å². The fourth-order valence-electron chi connectivity index (χ4n) is 4.11. The first kappa shape index (κ1) is 21.9. The first-order valence-corrected chi connectivity index (χ1v) is 11.1. The smallest absolute Gasteiger partial charge is 0.194 e. The number of rotatable bonds is 13. The number of hydrogen-bond donors (Lipinski definition) is 0. The van der Waals surface area contributed by atoms with Crippen molar-refractivity contribution in [3.8, 4) is 0 Å². The van der Waals surface area contributed by atoms with Gasteiger partial charge < -0.3 is 4.74 Å². The molecule has 2 nitrogen and oxygen atoms in total. The minimum atomic E-state index is -0.566. The third-order valence-corrected chi connectivity index (χ3v) is 5.76. The molecule has 2 rings (SSSR count). The molecule has 0 aromatic carbocycles. The van der Waals surface area contributed by atoms with Crippen molar-refractivity contribution in [1.82, 2.24) is 0 Å². The van der Waals surface area contributed by atoms with Crippen molar-refractivity contribution in [2.45, 2.75) is 95.5 Å². The molecular formula is C25H38O2. The highest BCUT2D eigenvalue weighted by atomic mass is 16.5. The van der Waals surface area contributed by atoms with E-state index in [2.05, 4.69) is 18.7 Å². The van der Waals surface area contributed by atoms with E-state index in [1.807, 2.05) is 24.3 Å². The molecule has 27 heavy (non-hydrogen) atoms. The Labute approximate surface area is 166 Å². The molecule has 0 radical (unpaired) electrons. The number of hydrogen-bond acceptors (Lipinski definition) is 2. The molecule has 0 N–H and O–H groups in total. The number of ketones is 1. The average molecular weight is 371 g/mol. The molecule has 0 saturated heterocycles. The molecular weight excluding hydrogens is 332 g/mol. The predicted octanol–water partition coefficient (Wildman–Crippen LogP) is 7.02. The van der Waals surface area contributed by atoms with E-state index >= 15 is 0 Å². The summed E-state index contributed by atoms with van der Waals surface area (Å²) in [7, 11) is 0. The highest BCUT2D eigenvalue weighted by molar-refractivity contribution is 6.04. The van der Waals surface area contributed by atoms with Crippen LogP contribution in [0.4, 0.5) is 0 Å². The van der Waals surface area contributed by atoms with Gasteiger partial charge in [-0.15, -0.1) is 6.58 Å². The van der Waals surface area contributed by atoms with Crippen molar-refractivity contribution >= 4 is 5.78 Å². The molecule has 0 amide bonds. The lowest BCUT2D eigenvalue weighted by Crippen LogP contribution is -2.44. The van der Waals surface area contributed by atoms with Crippen molar-refractivity contribution in [3.05, 3.63) is 48.6 Å². The van der Waals surface area contributed by atoms with Crippen LogP contribution in [0.25, 0.3) is 0 Å². The fourth-order valence-corrected chi connectivity index (χ4v) is 4.11. The molecule has 1 fully saturated rings. The van der Waals surface area contributed by atoms with Crippen molar-refractivity contribution in [2.75, 3.05) is 6.61 Å². The van der Waals surface area contributed by atoms with E-state index in [0.717, 1.165) is 57.1 Å². The van der Waals surface area contributed by atoms with Crippen molar-refractivity contribution in [2.24, 2.45) is 0 Å². The van der Waals surface area contributed by atoms with Crippen molar-refractivity contribution in [3.63, 3.8) is 0 Å². The minimum Gasteiger partial charge on any atom is -0.367 e. The molecule has 0 aromatic rings. The molecule has 0 aromatic heterocycles. The van der Waals surface area contributed by atoms with Gasteiger partial charge in [0.1, 0.15) is 5.60 Å². The summed E-state index contributed by atoms with van der Waals surface area (Å²) in [5.41, 5.74) is 0.269. The maximum atomic E-state index is 13.2. The Balaban J connectivity index is 1.73. The van der Waals surface area contributed by atoms with Gasteiger partial charge in [-0.1, -0.05) is 87.8 Å². The molecule has 150 valence electrons. The summed E-state index contributed by atoms with van der Waals surface area (Å²) >= 11 is 0. The molecule has 2 aliphatic carbocycles. The van der Waals surface area contributed by atoms with Gasteiger partial charge in [0.2, 0.25) is 0 Å². The Hall–Kier alpha value is -1.41. The quantitative estimate of drug-likeness (QED) is 0.257. The Bertz CT molecular complexity index is 533. The third-order valence-electron chi connectivity index (χ3n) is 5.76. The molecule has 0 heterocycles. The second-order valence-corrected chi connectivity index (χ2v) is 7.97. The van der Waals surface area contributed by atoms with Crippen LogP contribution in [-0.2, 0) is 9.53 Å². The number of ether oxygens (including phenoxy) is 1. The second-order valence-electron chi connectivity index (χ2n) is 7.97. The van der Waals surface area contributed by atoms with Crippen LogP contribution >= 0.6 is 0 Å². The summed E-state index contributed by atoms with van der Waals surface area (Å²) in [6, 6.07) is 0. The first-order valence-electron chi connectivity index (χ1n) is 11.1. The van der Waals surface area contributed by atoms with E-state index in [4.69, 9.17) is 4.74 Å². The Morgan fingerprint density at radius 1 is 1.00 bits per heavy atom. The van der Waals surface area contributed by atoms with Crippen LogP contribution in [0, 0.1) is 0 Å². The zero-order chi connectivity index (χ0) is 19.2. The normalized spacial score (nSPS) is 18.7. The summed E-state index contributed by atoms with van der Waals surface area (Å²) in [5.74, 6) is 0.212. The molecule has 2 heteroatoms. The summed E-state index contributed by atoms with van der Waals surface area (Å²) in [6.45, 7) is 4.49. The van der Waals surface area contributed by atoms with E-state index in [1.54, 1.807) is 0 Å². The van der Waals surface area contributed by atoms with E-state index in [1.165, 1.54) is 44.9 Å². The monoisotopic (exact) mass is 370 g/mol. The van der Waals surface area contributed by atoms with E-state index < -0.39 is 5.60 Å². The van der Waals surface area contributed by atoms with E-state index in [9.17, 15) is 4.79 Å². The van der Waals surface area contributed by atoms with E-state index in [0.29, 0.717) is 0 Å². The lowest BCUT2D eigenvalue weighted by molar-refractivity contribution is -0.145. The van der Waals surface area contributed by atoms with Crippen molar-refractivity contribution < 1.29 is 9.53 Å². The highest BCUT2D eigenvalue weighted by Crippen LogP contribution is 2.35. The summed E-state index contributed by atoms with van der Waals surface area (Å²) in [4.78, 5) is 13.2. The fraction of sp³-hybridized carbons (Fsp3) is 0.640. The zero-order valence-electron chi connectivity index (χ0n) is 17.1. The SMILES string of the molecule is C=CCCCCCCCCCOC1(C(=O)C2=CCC=CC=C2)CCCCC1. The first-order chi connectivity index (χ1) is 13.3. The number of carbonyl (C=O) groups excluding carboxylic acids is 1. The summed E-state index contributed by atoms with van der Waals surface area (Å²) in [5, 5.41) is 0. The van der Waals surface area contributed by atoms with Gasteiger partial charge in [0.05, 0.1) is 0 Å². The van der Waals surface area contributed by atoms with Gasteiger partial charge in [0, 0.05) is 12.2 Å². The van der Waals surface area contributed by atoms with E-state index in [-0.39, 0.29) is 5.78 Å². The average Bonchev–Trinajstić information content (AvgIpc) is 2.99. The number of allylic oxidation sites excluding steroid dienone is 6. The standard InChI is InChI=1S/C25H38O2/c1-2-3-4-5-6-7-8-11-17-22-27-25(20-15-12-16-21-25)24(26)23-18-13-9-10-14-19-23/h2,9-10,13,18-19H,1,3-8,11-12,14-17,20-22H2. The number of carbonyl (C=O) groups is 1. The second kappa shape index (κ2) is 12.9. The molecule has 2 aliphatic rings. The molecule has 0 unspecified atom stereocenters. The lowest BCUT2D eigenvalue weighted by Gasteiger charge is -2.36. The van der Waals surface area contributed by atoms with Crippen LogP contribution in [0.2, 0.25) is 0 Å². The number of Topliss-reactive ketones (excluding diaryl/α,β-unsaturated/α-hetero) is 1. The molecule has 1 saturated carbocycles. The molecule has 0 atom stereocenters. The Kier molecular flexibility index (Phi) is 10.4. The largest absolute Gasteiger partial charge is 0.367 e. The van der Waals surface area contributed by atoms with Gasteiger partial charge >= 0.3 is 0 Å². The third kappa shape index (κ3) is 7.62. The summed E-state index contributed by atoms with van der Waals surface area (Å²) < 4.78 is 6.33. The van der Waals surface area contributed by atoms with Crippen LogP contribution in [0.15, 0.2) is 48.6 Å². The predicted molar refractivity (Wildman–Crippen MR) is 115 cm³/mol. The molecule has 0 spiro atoms. The molecule has 0 bridgehead atoms. The van der Waals surface area contributed by atoms with Crippen LogP contribution in [0.1, 0.15) is 89.9 Å². The van der Waals surface area contributed by atoms with Gasteiger partial charge in [-0.25, -0.2) is 0 Å². The highest BCUT2D eigenvalue weighted by Gasteiger charge is 2.41. The lowest BCUT2D eigenvalue weighted by atomic mass is 9.79. The minimum absolute atomic E-state index is 0.212. The Morgan fingerprint density at radius 3 is 2.44 bits per heavy atom. The van der Waals surface area contributed by atoms with Gasteiger partial charge in [0.25, 0.3) is 0 Å². The van der Waals surface area contributed by atoms with Crippen molar-refractivity contribution in [1.29, 1.82) is 0 Å². The maximum absolute atomic E-state index is 13.2. The van der Waals surface area contributed by atoms with Crippen LogP contribution in [0.3, 0.4) is 0 Å². The van der Waals surface area contributed by atoms with Gasteiger partial charge in [-0.3, -0.25) is 4.79 Å².